The van der Waals surface area contributed by atoms with Crippen molar-refractivity contribution < 1.29 is 9.90 Å². The zero-order chi connectivity index (χ0) is 11.5. The molecule has 1 aromatic rings. The highest BCUT2D eigenvalue weighted by atomic mass is 16.3. The summed E-state index contributed by atoms with van der Waals surface area (Å²) in [5.74, 6) is -0.143. The Balaban J connectivity index is 2.06. The van der Waals surface area contributed by atoms with Crippen LogP contribution < -0.4 is 0 Å². The van der Waals surface area contributed by atoms with E-state index >= 15 is 0 Å². The van der Waals surface area contributed by atoms with Gasteiger partial charge in [-0.3, -0.25) is 4.79 Å². The lowest BCUT2D eigenvalue weighted by molar-refractivity contribution is 0.0525. The normalized spacial score (nSPS) is 19.6. The Morgan fingerprint density at radius 1 is 1.50 bits per heavy atom. The number of aryl methyl sites for hydroxylation is 1. The molecule has 0 aliphatic heterocycles. The third-order valence-corrected chi connectivity index (χ3v) is 3.33. The van der Waals surface area contributed by atoms with Gasteiger partial charge in [0.2, 0.25) is 5.78 Å². The average molecular weight is 223 g/mol. The van der Waals surface area contributed by atoms with Crippen LogP contribution in [0.5, 0.6) is 0 Å². The number of aliphatic hydroxyl groups excluding tert-OH is 1. The van der Waals surface area contributed by atoms with Crippen LogP contribution in [0, 0.1) is 5.92 Å². The molecular weight excluding hydrogens is 206 g/mol. The lowest BCUT2D eigenvalue weighted by Gasteiger charge is -2.25. The van der Waals surface area contributed by atoms with Gasteiger partial charge in [-0.1, -0.05) is 24.5 Å². The summed E-state index contributed by atoms with van der Waals surface area (Å²) in [6.45, 7) is 0. The van der Waals surface area contributed by atoms with Crippen LogP contribution in [0.2, 0.25) is 0 Å². The van der Waals surface area contributed by atoms with Crippen molar-refractivity contribution in [2.24, 2.45) is 13.0 Å². The van der Waals surface area contributed by atoms with Gasteiger partial charge in [-0.15, -0.1) is 5.10 Å². The quantitative estimate of drug-likeness (QED) is 0.774. The minimum atomic E-state index is -0.891. The number of Topliss-reactive ketones (excluding diaryl/α,β-unsaturated/α-hetero) is 1. The molecule has 1 aromatic heterocycles. The smallest absolute Gasteiger partial charge is 0.211 e. The predicted octanol–water partition coefficient (Wildman–Crippen LogP) is 0.939. The number of aromatic nitrogens is 3. The standard InChI is InChI=1S/C11H17N3O2/c1-14-9(7-12-13-14)11(16)10(15)8-5-3-2-4-6-8/h7-8,10,15H,2-6H2,1H3. The SMILES string of the molecule is Cn1nncc1C(=O)C(O)C1CCCCC1. The number of hydrogen-bond acceptors (Lipinski definition) is 4. The molecular formula is C11H17N3O2. The van der Waals surface area contributed by atoms with E-state index in [4.69, 9.17) is 0 Å². The minimum absolute atomic E-state index is 0.108. The van der Waals surface area contributed by atoms with Crippen molar-refractivity contribution in [2.75, 3.05) is 0 Å². The number of aliphatic hydroxyl groups is 1. The van der Waals surface area contributed by atoms with E-state index in [1.165, 1.54) is 17.3 Å². The van der Waals surface area contributed by atoms with Crippen LogP contribution in [0.25, 0.3) is 0 Å². The summed E-state index contributed by atoms with van der Waals surface area (Å²) in [6, 6.07) is 0. The van der Waals surface area contributed by atoms with E-state index in [2.05, 4.69) is 10.3 Å². The fourth-order valence-corrected chi connectivity index (χ4v) is 2.33. The molecule has 1 atom stereocenters. The number of nitrogens with zero attached hydrogens (tertiary/aromatic N) is 3. The van der Waals surface area contributed by atoms with E-state index in [0.717, 1.165) is 25.7 Å². The molecule has 0 spiro atoms. The Morgan fingerprint density at radius 3 is 2.75 bits per heavy atom. The van der Waals surface area contributed by atoms with Crippen molar-refractivity contribution in [1.82, 2.24) is 15.0 Å². The third kappa shape index (κ3) is 2.14. The Bertz CT molecular complexity index is 369. The van der Waals surface area contributed by atoms with Gasteiger partial charge in [0.05, 0.1) is 6.20 Å². The molecule has 1 heterocycles. The maximum absolute atomic E-state index is 12.0. The molecule has 0 saturated heterocycles. The minimum Gasteiger partial charge on any atom is -0.385 e. The fraction of sp³-hybridized carbons (Fsp3) is 0.727. The van der Waals surface area contributed by atoms with Crippen LogP contribution in [-0.4, -0.2) is 32.0 Å². The number of hydrogen-bond donors (Lipinski definition) is 1. The molecule has 1 N–H and O–H groups in total. The first kappa shape index (κ1) is 11.3. The molecule has 0 aromatic carbocycles. The van der Waals surface area contributed by atoms with Crippen molar-refractivity contribution in [3.63, 3.8) is 0 Å². The second-order valence-corrected chi connectivity index (χ2v) is 4.45. The summed E-state index contributed by atoms with van der Waals surface area (Å²) >= 11 is 0. The number of carbonyl (C=O) groups is 1. The van der Waals surface area contributed by atoms with Crippen LogP contribution in [0.1, 0.15) is 42.6 Å². The van der Waals surface area contributed by atoms with Crippen molar-refractivity contribution >= 4 is 5.78 Å². The number of rotatable bonds is 3. The zero-order valence-corrected chi connectivity index (χ0v) is 9.46. The van der Waals surface area contributed by atoms with Gasteiger partial charge >= 0.3 is 0 Å². The summed E-state index contributed by atoms with van der Waals surface area (Å²) < 4.78 is 1.41. The molecule has 88 valence electrons. The molecule has 1 saturated carbocycles. The van der Waals surface area contributed by atoms with Gasteiger partial charge in [0.1, 0.15) is 11.8 Å². The predicted molar refractivity (Wildman–Crippen MR) is 57.9 cm³/mol. The maximum atomic E-state index is 12.0. The van der Waals surface area contributed by atoms with Crippen LogP contribution in [0.15, 0.2) is 6.20 Å². The molecule has 5 heteroatoms. The molecule has 1 unspecified atom stereocenters. The lowest BCUT2D eigenvalue weighted by Crippen LogP contribution is -2.32. The fourth-order valence-electron chi connectivity index (χ4n) is 2.33. The maximum Gasteiger partial charge on any atom is 0.211 e. The Hall–Kier alpha value is -1.23. The van der Waals surface area contributed by atoms with Gasteiger partial charge in [0.25, 0.3) is 0 Å². The van der Waals surface area contributed by atoms with Gasteiger partial charge in [-0.25, -0.2) is 4.68 Å². The van der Waals surface area contributed by atoms with Crippen LogP contribution in [-0.2, 0) is 7.05 Å². The summed E-state index contributed by atoms with van der Waals surface area (Å²) in [6.07, 6.45) is 5.84. The summed E-state index contributed by atoms with van der Waals surface area (Å²) in [5, 5.41) is 17.4. The van der Waals surface area contributed by atoms with Crippen molar-refractivity contribution in [3.8, 4) is 0 Å². The molecule has 1 aliphatic carbocycles. The highest BCUT2D eigenvalue weighted by molar-refractivity contribution is 5.97. The monoisotopic (exact) mass is 223 g/mol. The van der Waals surface area contributed by atoms with Crippen molar-refractivity contribution in [2.45, 2.75) is 38.2 Å². The molecule has 5 nitrogen and oxygen atoms in total. The van der Waals surface area contributed by atoms with Gasteiger partial charge < -0.3 is 5.11 Å². The van der Waals surface area contributed by atoms with E-state index in [1.54, 1.807) is 7.05 Å². The highest BCUT2D eigenvalue weighted by Crippen LogP contribution is 2.27. The first-order valence-electron chi connectivity index (χ1n) is 5.77. The molecule has 1 aliphatic rings. The number of carbonyl (C=O) groups excluding carboxylic acids is 1. The highest BCUT2D eigenvalue weighted by Gasteiger charge is 2.29. The van der Waals surface area contributed by atoms with E-state index in [1.807, 2.05) is 0 Å². The molecule has 0 radical (unpaired) electrons. The summed E-state index contributed by atoms with van der Waals surface area (Å²) in [5.41, 5.74) is 0.387. The van der Waals surface area contributed by atoms with E-state index in [9.17, 15) is 9.90 Å². The molecule has 0 amide bonds. The average Bonchev–Trinajstić information content (AvgIpc) is 2.75. The zero-order valence-electron chi connectivity index (χ0n) is 9.46. The third-order valence-electron chi connectivity index (χ3n) is 3.33. The van der Waals surface area contributed by atoms with Crippen LogP contribution in [0.3, 0.4) is 0 Å². The second-order valence-electron chi connectivity index (χ2n) is 4.45. The van der Waals surface area contributed by atoms with Gasteiger partial charge in [0.15, 0.2) is 0 Å². The van der Waals surface area contributed by atoms with Crippen molar-refractivity contribution in [3.05, 3.63) is 11.9 Å². The summed E-state index contributed by atoms with van der Waals surface area (Å²) in [4.78, 5) is 12.0. The Kier molecular flexibility index (Phi) is 3.33. The van der Waals surface area contributed by atoms with E-state index < -0.39 is 6.10 Å². The van der Waals surface area contributed by atoms with Crippen molar-refractivity contribution in [1.29, 1.82) is 0 Å². The van der Waals surface area contributed by atoms with E-state index in [-0.39, 0.29) is 11.7 Å². The van der Waals surface area contributed by atoms with Crippen LogP contribution in [0.4, 0.5) is 0 Å². The first-order chi connectivity index (χ1) is 7.70. The van der Waals surface area contributed by atoms with Gasteiger partial charge in [0, 0.05) is 7.05 Å². The Morgan fingerprint density at radius 2 is 2.19 bits per heavy atom. The van der Waals surface area contributed by atoms with Crippen LogP contribution >= 0.6 is 0 Å². The second kappa shape index (κ2) is 4.74. The first-order valence-corrected chi connectivity index (χ1v) is 5.77. The van der Waals surface area contributed by atoms with Gasteiger partial charge in [-0.2, -0.15) is 0 Å². The summed E-state index contributed by atoms with van der Waals surface area (Å²) in [7, 11) is 1.66. The molecule has 0 bridgehead atoms. The largest absolute Gasteiger partial charge is 0.385 e. The van der Waals surface area contributed by atoms with Gasteiger partial charge in [-0.05, 0) is 18.8 Å². The molecule has 2 rings (SSSR count). The molecule has 1 fully saturated rings. The molecule has 16 heavy (non-hydrogen) atoms. The Labute approximate surface area is 94.5 Å². The lowest BCUT2D eigenvalue weighted by atomic mass is 9.83. The topological polar surface area (TPSA) is 68.0 Å². The number of ketones is 1. The van der Waals surface area contributed by atoms with E-state index in [0.29, 0.717) is 5.69 Å².